The average molecular weight is 328 g/mol. The van der Waals surface area contributed by atoms with Crippen LogP contribution in [0.3, 0.4) is 0 Å². The molecule has 1 aromatic rings. The first-order valence-electron chi connectivity index (χ1n) is 5.85. The summed E-state index contributed by atoms with van der Waals surface area (Å²) in [7, 11) is 1.46. The molecule has 0 aromatic heterocycles. The minimum atomic E-state index is -4.46. The van der Waals surface area contributed by atoms with Crippen molar-refractivity contribution in [1.82, 2.24) is 0 Å². The van der Waals surface area contributed by atoms with Gasteiger partial charge in [0.2, 0.25) is 0 Å². The Morgan fingerprint density at radius 2 is 2.00 bits per heavy atom. The van der Waals surface area contributed by atoms with Crippen molar-refractivity contribution < 1.29 is 17.9 Å². The Morgan fingerprint density at radius 1 is 1.35 bits per heavy atom. The summed E-state index contributed by atoms with van der Waals surface area (Å²) in [6.45, 7) is 1.78. The first-order chi connectivity index (χ1) is 9.29. The van der Waals surface area contributed by atoms with E-state index in [9.17, 15) is 13.2 Å². The third-order valence-electron chi connectivity index (χ3n) is 2.62. The van der Waals surface area contributed by atoms with Gasteiger partial charge in [0.25, 0.3) is 0 Å². The van der Waals surface area contributed by atoms with Crippen molar-refractivity contribution in [3.63, 3.8) is 0 Å². The van der Waals surface area contributed by atoms with Gasteiger partial charge < -0.3 is 10.1 Å². The minimum Gasteiger partial charge on any atom is -0.489 e. The topological polar surface area (TPSA) is 21.3 Å². The maximum atomic E-state index is 13.0. The molecule has 0 aliphatic heterocycles. The van der Waals surface area contributed by atoms with Gasteiger partial charge in [0.1, 0.15) is 16.8 Å². The monoisotopic (exact) mass is 327 g/mol. The van der Waals surface area contributed by atoms with E-state index in [1.54, 1.807) is 13.0 Å². The summed E-state index contributed by atoms with van der Waals surface area (Å²) < 4.78 is 44.3. The number of benzene rings is 1. The molecule has 0 aliphatic rings. The summed E-state index contributed by atoms with van der Waals surface area (Å²) >= 11 is 10.8. The SMILES string of the molecule is CCc1cc(OCC=C(Cl)Cl)cc(C(F)(F)F)c1NC. The van der Waals surface area contributed by atoms with Crippen LogP contribution < -0.4 is 10.1 Å². The zero-order valence-corrected chi connectivity index (χ0v) is 12.5. The van der Waals surface area contributed by atoms with Crippen LogP contribution >= 0.6 is 23.2 Å². The van der Waals surface area contributed by atoms with Crippen LogP contribution in [0.25, 0.3) is 0 Å². The van der Waals surface area contributed by atoms with Crippen LogP contribution in [-0.4, -0.2) is 13.7 Å². The van der Waals surface area contributed by atoms with Crippen LogP contribution in [0.5, 0.6) is 5.75 Å². The Labute approximate surface area is 125 Å². The third kappa shape index (κ3) is 4.49. The highest BCUT2D eigenvalue weighted by Crippen LogP contribution is 2.39. The van der Waals surface area contributed by atoms with E-state index >= 15 is 0 Å². The number of hydrogen-bond donors (Lipinski definition) is 1. The van der Waals surface area contributed by atoms with Gasteiger partial charge in [0, 0.05) is 12.7 Å². The van der Waals surface area contributed by atoms with Gasteiger partial charge >= 0.3 is 6.18 Å². The van der Waals surface area contributed by atoms with Crippen molar-refractivity contribution in [1.29, 1.82) is 0 Å². The quantitative estimate of drug-likeness (QED) is 0.821. The number of ether oxygens (including phenoxy) is 1. The van der Waals surface area contributed by atoms with E-state index in [0.29, 0.717) is 12.0 Å². The lowest BCUT2D eigenvalue weighted by Crippen LogP contribution is -2.11. The largest absolute Gasteiger partial charge is 0.489 e. The molecule has 1 aromatic carbocycles. The molecule has 0 saturated carbocycles. The predicted octanol–water partition coefficient (Wildman–Crippen LogP) is 5.01. The zero-order chi connectivity index (χ0) is 15.3. The van der Waals surface area contributed by atoms with E-state index in [1.807, 2.05) is 0 Å². The summed E-state index contributed by atoms with van der Waals surface area (Å²) in [5, 5.41) is 2.59. The molecule has 20 heavy (non-hydrogen) atoms. The number of aryl methyl sites for hydroxylation is 1. The highest BCUT2D eigenvalue weighted by Gasteiger charge is 2.35. The number of alkyl halides is 3. The lowest BCUT2D eigenvalue weighted by atomic mass is 10.0. The number of rotatable bonds is 5. The van der Waals surface area contributed by atoms with Gasteiger partial charge in [-0.2, -0.15) is 13.2 Å². The molecule has 0 atom stereocenters. The second-order valence-electron chi connectivity index (χ2n) is 3.91. The van der Waals surface area contributed by atoms with Gasteiger partial charge in [0.05, 0.1) is 5.56 Å². The number of anilines is 1. The van der Waals surface area contributed by atoms with E-state index < -0.39 is 11.7 Å². The van der Waals surface area contributed by atoms with E-state index in [2.05, 4.69) is 5.32 Å². The molecule has 1 rings (SSSR count). The Bertz CT molecular complexity index is 497. The summed E-state index contributed by atoms with van der Waals surface area (Å²) in [4.78, 5) is 0. The van der Waals surface area contributed by atoms with Crippen molar-refractivity contribution in [3.8, 4) is 5.75 Å². The fourth-order valence-corrected chi connectivity index (χ4v) is 1.88. The first-order valence-corrected chi connectivity index (χ1v) is 6.61. The van der Waals surface area contributed by atoms with Gasteiger partial charge in [-0.25, -0.2) is 0 Å². The minimum absolute atomic E-state index is 0.00167. The molecule has 0 fully saturated rings. The zero-order valence-electron chi connectivity index (χ0n) is 10.9. The molecule has 0 saturated heterocycles. The van der Waals surface area contributed by atoms with Crippen molar-refractivity contribution in [2.45, 2.75) is 19.5 Å². The number of hydrogen-bond acceptors (Lipinski definition) is 2. The molecule has 112 valence electrons. The Balaban J connectivity index is 3.18. The predicted molar refractivity (Wildman–Crippen MR) is 75.7 cm³/mol. The fraction of sp³-hybridized carbons (Fsp3) is 0.385. The van der Waals surface area contributed by atoms with Crippen LogP contribution in [0.2, 0.25) is 0 Å². The Kier molecular flexibility index (Phi) is 6.02. The van der Waals surface area contributed by atoms with Crippen LogP contribution in [0.1, 0.15) is 18.1 Å². The molecule has 0 heterocycles. The van der Waals surface area contributed by atoms with Crippen molar-refractivity contribution in [3.05, 3.63) is 33.8 Å². The van der Waals surface area contributed by atoms with Crippen LogP contribution in [0.4, 0.5) is 18.9 Å². The molecule has 2 nitrogen and oxygen atoms in total. The fourth-order valence-electron chi connectivity index (χ4n) is 1.75. The molecule has 0 spiro atoms. The smallest absolute Gasteiger partial charge is 0.418 e. The molecule has 0 aliphatic carbocycles. The van der Waals surface area contributed by atoms with E-state index in [0.717, 1.165) is 6.07 Å². The molecule has 0 bridgehead atoms. The summed E-state index contributed by atoms with van der Waals surface area (Å²) in [6, 6.07) is 2.53. The van der Waals surface area contributed by atoms with Gasteiger partial charge in [-0.3, -0.25) is 0 Å². The van der Waals surface area contributed by atoms with Crippen molar-refractivity contribution in [2.75, 3.05) is 19.0 Å². The highest BCUT2D eigenvalue weighted by molar-refractivity contribution is 6.55. The number of halogens is 5. The molecule has 1 N–H and O–H groups in total. The van der Waals surface area contributed by atoms with E-state index in [1.165, 1.54) is 13.1 Å². The second kappa shape index (κ2) is 7.09. The maximum absolute atomic E-state index is 13.0. The lowest BCUT2D eigenvalue weighted by molar-refractivity contribution is -0.137. The van der Waals surface area contributed by atoms with Crippen LogP contribution in [0, 0.1) is 0 Å². The van der Waals surface area contributed by atoms with Gasteiger partial charge in [0.15, 0.2) is 0 Å². The lowest BCUT2D eigenvalue weighted by Gasteiger charge is -2.18. The van der Waals surface area contributed by atoms with Crippen LogP contribution in [0.15, 0.2) is 22.7 Å². The van der Waals surface area contributed by atoms with Gasteiger partial charge in [-0.1, -0.05) is 30.1 Å². The standard InChI is InChI=1S/C13H14Cl2F3NO/c1-3-8-6-9(20-5-4-11(14)15)7-10(12(8)19-2)13(16,17)18/h4,6-7,19H,3,5H2,1-2H3. The van der Waals surface area contributed by atoms with Gasteiger partial charge in [-0.15, -0.1) is 0 Å². The molecule has 0 unspecified atom stereocenters. The molecule has 0 radical (unpaired) electrons. The van der Waals surface area contributed by atoms with E-state index in [-0.39, 0.29) is 22.5 Å². The molecular weight excluding hydrogens is 314 g/mol. The third-order valence-corrected chi connectivity index (χ3v) is 2.93. The molecule has 7 heteroatoms. The Morgan fingerprint density at radius 3 is 2.45 bits per heavy atom. The van der Waals surface area contributed by atoms with Gasteiger partial charge in [-0.05, 0) is 30.2 Å². The highest BCUT2D eigenvalue weighted by atomic mass is 35.5. The molecule has 0 amide bonds. The Hall–Kier alpha value is -1.07. The van der Waals surface area contributed by atoms with Crippen LogP contribution in [-0.2, 0) is 12.6 Å². The second-order valence-corrected chi connectivity index (χ2v) is 4.92. The summed E-state index contributed by atoms with van der Waals surface area (Å²) in [5.74, 6) is 0.124. The average Bonchev–Trinajstić information content (AvgIpc) is 2.36. The normalized spacial score (nSPS) is 11.2. The summed E-state index contributed by atoms with van der Waals surface area (Å²) in [5.41, 5.74) is -0.160. The molecular formula is C13H14Cl2F3NO. The summed E-state index contributed by atoms with van der Waals surface area (Å²) in [6.07, 6.45) is -2.65. The first kappa shape index (κ1) is 17.0. The number of nitrogens with one attached hydrogen (secondary N) is 1. The van der Waals surface area contributed by atoms with E-state index in [4.69, 9.17) is 27.9 Å². The van der Waals surface area contributed by atoms with Crippen molar-refractivity contribution >= 4 is 28.9 Å². The maximum Gasteiger partial charge on any atom is 0.418 e. The van der Waals surface area contributed by atoms with Crippen molar-refractivity contribution in [2.24, 2.45) is 0 Å².